The molecule has 0 bridgehead atoms. The second kappa shape index (κ2) is 5.92. The fourth-order valence-electron chi connectivity index (χ4n) is 3.02. The Labute approximate surface area is 124 Å². The molecule has 20 heavy (non-hydrogen) atoms. The third-order valence-corrected chi connectivity index (χ3v) is 5.22. The van der Waals surface area contributed by atoms with Gasteiger partial charge in [-0.2, -0.15) is 11.8 Å². The van der Waals surface area contributed by atoms with Crippen molar-refractivity contribution in [2.45, 2.75) is 37.0 Å². The molecule has 1 aromatic carbocycles. The summed E-state index contributed by atoms with van der Waals surface area (Å²) < 4.78 is 0. The van der Waals surface area contributed by atoms with Gasteiger partial charge in [0.25, 0.3) is 0 Å². The number of hydrogen-bond acceptors (Lipinski definition) is 4. The fourth-order valence-corrected chi connectivity index (χ4v) is 3.85. The second-order valence-electron chi connectivity index (χ2n) is 5.47. The van der Waals surface area contributed by atoms with E-state index in [-0.39, 0.29) is 0 Å². The fraction of sp³-hybridized carbons (Fsp3) is 0.438. The number of nitrogens with zero attached hydrogens (tertiary/aromatic N) is 1. The van der Waals surface area contributed by atoms with E-state index < -0.39 is 0 Å². The lowest BCUT2D eigenvalue weighted by Gasteiger charge is -2.29. The van der Waals surface area contributed by atoms with Gasteiger partial charge in [0, 0.05) is 28.6 Å². The standard InChI is InChI=1S/C16H21N3S/c1-20-12-5-2-4-11(10-12)19-15-8-7-14(17)13-6-3-9-18-16(13)15/h3,6-9,11-12,19H,2,4-5,10,17H2,1H3. The zero-order valence-electron chi connectivity index (χ0n) is 11.8. The average molecular weight is 287 g/mol. The van der Waals surface area contributed by atoms with Gasteiger partial charge < -0.3 is 11.1 Å². The summed E-state index contributed by atoms with van der Waals surface area (Å²) in [6, 6.07) is 8.56. The van der Waals surface area contributed by atoms with Crippen molar-refractivity contribution in [3.05, 3.63) is 30.5 Å². The first-order chi connectivity index (χ1) is 9.78. The molecule has 3 nitrogen and oxygen atoms in total. The van der Waals surface area contributed by atoms with Gasteiger partial charge in [-0.3, -0.25) is 4.98 Å². The Morgan fingerprint density at radius 3 is 3.05 bits per heavy atom. The van der Waals surface area contributed by atoms with Gasteiger partial charge >= 0.3 is 0 Å². The van der Waals surface area contributed by atoms with Crippen molar-refractivity contribution in [3.63, 3.8) is 0 Å². The summed E-state index contributed by atoms with van der Waals surface area (Å²) in [5.41, 5.74) is 8.92. The van der Waals surface area contributed by atoms with Crippen LogP contribution in [0.3, 0.4) is 0 Å². The lowest BCUT2D eigenvalue weighted by atomic mass is 9.94. The van der Waals surface area contributed by atoms with Crippen LogP contribution in [0.5, 0.6) is 0 Å². The lowest BCUT2D eigenvalue weighted by Crippen LogP contribution is -2.28. The van der Waals surface area contributed by atoms with Crippen molar-refractivity contribution in [2.24, 2.45) is 0 Å². The van der Waals surface area contributed by atoms with E-state index in [2.05, 4.69) is 22.6 Å². The SMILES string of the molecule is CSC1CCCC(Nc2ccc(N)c3cccnc23)C1. The van der Waals surface area contributed by atoms with E-state index in [1.807, 2.05) is 36.2 Å². The number of nitrogens with two attached hydrogens (primary N) is 1. The zero-order valence-corrected chi connectivity index (χ0v) is 12.6. The van der Waals surface area contributed by atoms with Crippen LogP contribution in [0.2, 0.25) is 0 Å². The van der Waals surface area contributed by atoms with Crippen LogP contribution in [0.4, 0.5) is 11.4 Å². The molecule has 1 aliphatic rings. The van der Waals surface area contributed by atoms with E-state index in [1.165, 1.54) is 25.7 Å². The van der Waals surface area contributed by atoms with Crippen LogP contribution >= 0.6 is 11.8 Å². The summed E-state index contributed by atoms with van der Waals surface area (Å²) in [6.45, 7) is 0. The molecule has 1 aliphatic carbocycles. The molecule has 106 valence electrons. The molecule has 3 rings (SSSR count). The highest BCUT2D eigenvalue weighted by Gasteiger charge is 2.21. The van der Waals surface area contributed by atoms with E-state index >= 15 is 0 Å². The molecule has 1 aromatic heterocycles. The Morgan fingerprint density at radius 2 is 2.20 bits per heavy atom. The highest BCUT2D eigenvalue weighted by molar-refractivity contribution is 7.99. The molecule has 0 amide bonds. The van der Waals surface area contributed by atoms with Crippen molar-refractivity contribution >= 4 is 34.0 Å². The molecule has 1 heterocycles. The van der Waals surface area contributed by atoms with Gasteiger partial charge in [0.15, 0.2) is 0 Å². The molecule has 0 aliphatic heterocycles. The molecule has 3 N–H and O–H groups in total. The summed E-state index contributed by atoms with van der Waals surface area (Å²) in [5, 5.41) is 5.51. The molecular formula is C16H21N3S. The number of nitrogens with one attached hydrogen (secondary N) is 1. The third kappa shape index (κ3) is 2.70. The lowest BCUT2D eigenvalue weighted by molar-refractivity contribution is 0.474. The van der Waals surface area contributed by atoms with E-state index in [0.29, 0.717) is 6.04 Å². The molecule has 2 aromatic rings. The Kier molecular flexibility index (Phi) is 4.01. The van der Waals surface area contributed by atoms with Gasteiger partial charge in [0.2, 0.25) is 0 Å². The Hall–Kier alpha value is -1.42. The summed E-state index contributed by atoms with van der Waals surface area (Å²) in [5.74, 6) is 0. The molecule has 1 fully saturated rings. The number of rotatable bonds is 3. The number of hydrogen-bond donors (Lipinski definition) is 2. The van der Waals surface area contributed by atoms with Gasteiger partial charge in [-0.05, 0) is 49.8 Å². The first-order valence-corrected chi connectivity index (χ1v) is 8.49. The van der Waals surface area contributed by atoms with Gasteiger partial charge in [-0.1, -0.05) is 6.42 Å². The largest absolute Gasteiger partial charge is 0.398 e. The predicted molar refractivity (Wildman–Crippen MR) is 89.3 cm³/mol. The first kappa shape index (κ1) is 13.6. The number of anilines is 2. The average Bonchev–Trinajstić information content (AvgIpc) is 2.51. The normalized spacial score (nSPS) is 22.9. The monoisotopic (exact) mass is 287 g/mol. The Morgan fingerprint density at radius 1 is 1.30 bits per heavy atom. The maximum Gasteiger partial charge on any atom is 0.0953 e. The number of pyridine rings is 1. The number of benzene rings is 1. The van der Waals surface area contributed by atoms with Crippen molar-refractivity contribution in [1.82, 2.24) is 4.98 Å². The Balaban J connectivity index is 1.86. The van der Waals surface area contributed by atoms with Crippen LogP contribution in [-0.2, 0) is 0 Å². The van der Waals surface area contributed by atoms with Crippen molar-refractivity contribution in [1.29, 1.82) is 0 Å². The van der Waals surface area contributed by atoms with Crippen LogP contribution < -0.4 is 11.1 Å². The van der Waals surface area contributed by atoms with Gasteiger partial charge in [-0.15, -0.1) is 0 Å². The molecule has 4 heteroatoms. The molecule has 1 saturated carbocycles. The van der Waals surface area contributed by atoms with E-state index in [4.69, 9.17) is 5.73 Å². The second-order valence-corrected chi connectivity index (χ2v) is 6.61. The van der Waals surface area contributed by atoms with Crippen molar-refractivity contribution < 1.29 is 0 Å². The van der Waals surface area contributed by atoms with Crippen LogP contribution in [-0.4, -0.2) is 22.5 Å². The van der Waals surface area contributed by atoms with Crippen molar-refractivity contribution in [2.75, 3.05) is 17.3 Å². The highest BCUT2D eigenvalue weighted by Crippen LogP contribution is 2.31. The summed E-state index contributed by atoms with van der Waals surface area (Å²) in [7, 11) is 0. The number of thioether (sulfide) groups is 1. The zero-order chi connectivity index (χ0) is 13.9. The summed E-state index contributed by atoms with van der Waals surface area (Å²) in [4.78, 5) is 4.50. The Bertz CT molecular complexity index is 599. The minimum absolute atomic E-state index is 0.551. The van der Waals surface area contributed by atoms with E-state index in [9.17, 15) is 0 Å². The van der Waals surface area contributed by atoms with Gasteiger partial charge in [0.1, 0.15) is 0 Å². The first-order valence-electron chi connectivity index (χ1n) is 7.20. The number of nitrogen functional groups attached to an aromatic ring is 1. The van der Waals surface area contributed by atoms with E-state index in [1.54, 1.807) is 0 Å². The van der Waals surface area contributed by atoms with Crippen LogP contribution in [0.1, 0.15) is 25.7 Å². The minimum Gasteiger partial charge on any atom is -0.398 e. The topological polar surface area (TPSA) is 50.9 Å². The third-order valence-electron chi connectivity index (χ3n) is 4.12. The summed E-state index contributed by atoms with van der Waals surface area (Å²) in [6.07, 6.45) is 9.19. The minimum atomic E-state index is 0.551. The maximum atomic E-state index is 6.03. The number of fused-ring (bicyclic) bond motifs is 1. The number of aromatic nitrogens is 1. The van der Waals surface area contributed by atoms with Gasteiger partial charge in [-0.25, -0.2) is 0 Å². The highest BCUT2D eigenvalue weighted by atomic mass is 32.2. The van der Waals surface area contributed by atoms with Crippen LogP contribution in [0.25, 0.3) is 10.9 Å². The molecular weight excluding hydrogens is 266 g/mol. The van der Waals surface area contributed by atoms with Crippen molar-refractivity contribution in [3.8, 4) is 0 Å². The quantitative estimate of drug-likeness (QED) is 0.841. The molecule has 0 radical (unpaired) electrons. The maximum absolute atomic E-state index is 6.03. The van der Waals surface area contributed by atoms with Crippen LogP contribution in [0, 0.1) is 0 Å². The molecule has 0 spiro atoms. The van der Waals surface area contributed by atoms with Gasteiger partial charge in [0.05, 0.1) is 11.2 Å². The smallest absolute Gasteiger partial charge is 0.0953 e. The molecule has 2 atom stereocenters. The molecule has 2 unspecified atom stereocenters. The van der Waals surface area contributed by atoms with Crippen LogP contribution in [0.15, 0.2) is 30.5 Å². The molecule has 0 saturated heterocycles. The summed E-state index contributed by atoms with van der Waals surface area (Å²) >= 11 is 1.99. The van der Waals surface area contributed by atoms with E-state index in [0.717, 1.165) is 27.5 Å². The predicted octanol–water partition coefficient (Wildman–Crippen LogP) is 3.90.